The Hall–Kier alpha value is -2.22. The van der Waals surface area contributed by atoms with Crippen molar-refractivity contribution in [1.29, 1.82) is 0 Å². The van der Waals surface area contributed by atoms with E-state index in [-0.39, 0.29) is 12.4 Å². The number of benzene rings is 2. The number of hydrogen-bond donors (Lipinski definition) is 2. The van der Waals surface area contributed by atoms with Crippen LogP contribution < -0.4 is 14.8 Å². The van der Waals surface area contributed by atoms with Gasteiger partial charge in [-0.2, -0.15) is 0 Å². The first-order valence-corrected chi connectivity index (χ1v) is 10.4. The van der Waals surface area contributed by atoms with E-state index in [1.165, 1.54) is 6.07 Å². The van der Waals surface area contributed by atoms with E-state index in [2.05, 4.69) is 5.32 Å². The Kier molecular flexibility index (Phi) is 8.42. The van der Waals surface area contributed by atoms with Crippen LogP contribution >= 0.6 is 0 Å². The number of nitrogens with zero attached hydrogens (tertiary/aromatic N) is 1. The average molecular weight is 422 g/mol. The fourth-order valence-electron chi connectivity index (χ4n) is 3.67. The summed E-state index contributed by atoms with van der Waals surface area (Å²) in [4.78, 5) is 1.92. The number of halogens is 2. The largest absolute Gasteiger partial charge is 0.497 e. The summed E-state index contributed by atoms with van der Waals surface area (Å²) in [5.74, 6) is 1.15. The van der Waals surface area contributed by atoms with Gasteiger partial charge < -0.3 is 19.9 Å². The predicted molar refractivity (Wildman–Crippen MR) is 111 cm³/mol. The zero-order chi connectivity index (χ0) is 21.3. The van der Waals surface area contributed by atoms with Crippen LogP contribution in [0.15, 0.2) is 42.5 Å². The predicted octanol–water partition coefficient (Wildman–Crippen LogP) is 1.92. The van der Waals surface area contributed by atoms with E-state index in [9.17, 15) is 13.9 Å². The van der Waals surface area contributed by atoms with E-state index in [1.807, 2.05) is 23.1 Å². The molecule has 1 heterocycles. The summed E-state index contributed by atoms with van der Waals surface area (Å²) < 4.78 is 38.2. The maximum absolute atomic E-state index is 13.7. The van der Waals surface area contributed by atoms with Crippen molar-refractivity contribution in [2.24, 2.45) is 0 Å². The lowest BCUT2D eigenvalue weighted by atomic mass is 10.1. The maximum atomic E-state index is 13.7. The second-order valence-electron chi connectivity index (χ2n) is 7.71. The monoisotopic (exact) mass is 421 g/mol. The molecule has 30 heavy (non-hydrogen) atoms. The van der Waals surface area contributed by atoms with Crippen LogP contribution in [-0.2, 0) is 13.0 Å². The molecule has 0 aromatic heterocycles. The van der Waals surface area contributed by atoms with E-state index in [1.54, 1.807) is 25.3 Å². The molecule has 3 rings (SSSR count). The van der Waals surface area contributed by atoms with Crippen molar-refractivity contribution in [3.05, 3.63) is 59.4 Å². The third-order valence-electron chi connectivity index (χ3n) is 5.33. The fourth-order valence-corrected chi connectivity index (χ4v) is 3.67. The molecule has 0 amide bonds. The minimum Gasteiger partial charge on any atom is -0.497 e. The summed E-state index contributed by atoms with van der Waals surface area (Å²) in [5.41, 5.74) is 1.68. The van der Waals surface area contributed by atoms with Crippen molar-refractivity contribution < 1.29 is 28.7 Å². The van der Waals surface area contributed by atoms with Gasteiger partial charge >= 0.3 is 0 Å². The highest BCUT2D eigenvalue weighted by atomic mass is 19.1. The van der Waals surface area contributed by atoms with Crippen molar-refractivity contribution >= 4 is 0 Å². The highest BCUT2D eigenvalue weighted by Crippen LogP contribution is 2.24. The number of ether oxygens (including phenoxy) is 2. The molecule has 1 saturated heterocycles. The second kappa shape index (κ2) is 11.2. The third-order valence-corrected chi connectivity index (χ3v) is 5.33. The van der Waals surface area contributed by atoms with Gasteiger partial charge in [0.2, 0.25) is 0 Å². The van der Waals surface area contributed by atoms with Crippen molar-refractivity contribution in [2.75, 3.05) is 39.9 Å². The minimum absolute atomic E-state index is 0.128. The van der Waals surface area contributed by atoms with Crippen molar-refractivity contribution in [3.63, 3.8) is 0 Å². The molecule has 7 heteroatoms. The van der Waals surface area contributed by atoms with E-state index >= 15 is 0 Å². The Bertz CT molecular complexity index is 806. The van der Waals surface area contributed by atoms with Gasteiger partial charge in [0, 0.05) is 37.7 Å². The lowest BCUT2D eigenvalue weighted by Gasteiger charge is -2.20. The molecular formula is C23H31F2N2O3+. The Labute approximate surface area is 176 Å². The third kappa shape index (κ3) is 6.65. The maximum Gasteiger partial charge on any atom is 0.131 e. The van der Waals surface area contributed by atoms with Gasteiger partial charge in [-0.05, 0) is 30.2 Å². The van der Waals surface area contributed by atoms with Crippen LogP contribution in [0.25, 0.3) is 0 Å². The fraction of sp³-hybridized carbons (Fsp3) is 0.478. The number of aliphatic hydroxyl groups is 1. The van der Waals surface area contributed by atoms with E-state index in [4.69, 9.17) is 9.47 Å². The first-order valence-electron chi connectivity index (χ1n) is 10.4. The van der Waals surface area contributed by atoms with Crippen LogP contribution in [0, 0.1) is 5.82 Å². The standard InChI is InChI=1S/C23H30F2N2O3/c1-29-21-7-6-18(13-26-10-8-17-4-2-3-5-22(17)25)23(12-21)30-16-20(28)15-27-11-9-19(24)14-27/h2-7,12,19-20,26,28H,8-11,13-16H2,1H3/p+1/t19-,20?/m1/s1. The number of hydrogen-bond acceptors (Lipinski definition) is 4. The smallest absolute Gasteiger partial charge is 0.131 e. The van der Waals surface area contributed by atoms with Gasteiger partial charge in [-0.3, -0.25) is 4.90 Å². The molecule has 164 valence electrons. The number of likely N-dealkylation sites (tertiary alicyclic amines) is 1. The molecule has 1 unspecified atom stereocenters. The SMILES string of the molecule is COc1ccc(C[NH2+]CCc2ccccc2F)c(OCC(O)CN2CC[C@@H](F)C2)c1. The molecule has 1 aliphatic heterocycles. The lowest BCUT2D eigenvalue weighted by molar-refractivity contribution is -0.670. The molecule has 2 aromatic carbocycles. The van der Waals surface area contributed by atoms with Crippen molar-refractivity contribution in [1.82, 2.24) is 4.90 Å². The second-order valence-corrected chi connectivity index (χ2v) is 7.71. The van der Waals surface area contributed by atoms with Crippen LogP contribution in [-0.4, -0.2) is 62.2 Å². The number of alkyl halides is 1. The first kappa shape index (κ1) is 22.5. The molecule has 1 fully saturated rings. The molecule has 0 spiro atoms. The molecule has 0 bridgehead atoms. The molecule has 2 atom stereocenters. The number of β-amino-alcohol motifs (C(OH)–C–C–N with tert-alkyl or cyclic N) is 1. The number of nitrogens with two attached hydrogens (primary N) is 1. The van der Waals surface area contributed by atoms with Crippen LogP contribution in [0.4, 0.5) is 8.78 Å². The number of quaternary nitrogens is 1. The topological polar surface area (TPSA) is 58.5 Å². The van der Waals surface area contributed by atoms with Crippen LogP contribution in [0.2, 0.25) is 0 Å². The first-order chi connectivity index (χ1) is 14.5. The van der Waals surface area contributed by atoms with Crippen LogP contribution in [0.5, 0.6) is 11.5 Å². The van der Waals surface area contributed by atoms with Gasteiger partial charge in [-0.1, -0.05) is 18.2 Å². The molecule has 2 aromatic rings. The van der Waals surface area contributed by atoms with Gasteiger partial charge in [-0.15, -0.1) is 0 Å². The number of aliphatic hydroxyl groups excluding tert-OH is 1. The molecular weight excluding hydrogens is 390 g/mol. The summed E-state index contributed by atoms with van der Waals surface area (Å²) >= 11 is 0. The van der Waals surface area contributed by atoms with Crippen LogP contribution in [0.3, 0.4) is 0 Å². The lowest BCUT2D eigenvalue weighted by Crippen LogP contribution is -2.83. The Balaban J connectivity index is 1.51. The van der Waals surface area contributed by atoms with E-state index in [0.29, 0.717) is 56.1 Å². The van der Waals surface area contributed by atoms with Gasteiger partial charge in [0.15, 0.2) is 0 Å². The summed E-state index contributed by atoms with van der Waals surface area (Å²) in [6.07, 6.45) is -0.332. The quantitative estimate of drug-likeness (QED) is 0.545. The molecule has 0 aliphatic carbocycles. The minimum atomic E-state index is -0.803. The Morgan fingerprint density at radius 2 is 2.07 bits per heavy atom. The van der Waals surface area contributed by atoms with E-state index < -0.39 is 12.3 Å². The molecule has 3 N–H and O–H groups in total. The van der Waals surface area contributed by atoms with Gasteiger partial charge in [-0.25, -0.2) is 8.78 Å². The molecule has 0 radical (unpaired) electrons. The zero-order valence-electron chi connectivity index (χ0n) is 17.4. The Morgan fingerprint density at radius 1 is 1.23 bits per heavy atom. The zero-order valence-corrected chi connectivity index (χ0v) is 17.4. The average Bonchev–Trinajstić information content (AvgIpc) is 3.15. The number of methoxy groups -OCH3 is 1. The van der Waals surface area contributed by atoms with Gasteiger partial charge in [0.05, 0.1) is 13.7 Å². The molecule has 1 aliphatic rings. The van der Waals surface area contributed by atoms with Gasteiger partial charge in [0.25, 0.3) is 0 Å². The van der Waals surface area contributed by atoms with Gasteiger partial charge in [0.1, 0.15) is 42.7 Å². The van der Waals surface area contributed by atoms with Crippen molar-refractivity contribution in [2.45, 2.75) is 31.7 Å². The molecule has 5 nitrogen and oxygen atoms in total. The Morgan fingerprint density at radius 3 is 2.80 bits per heavy atom. The highest BCUT2D eigenvalue weighted by Gasteiger charge is 2.23. The summed E-state index contributed by atoms with van der Waals surface area (Å²) in [6.45, 7) is 2.98. The van der Waals surface area contributed by atoms with Crippen molar-refractivity contribution in [3.8, 4) is 11.5 Å². The van der Waals surface area contributed by atoms with E-state index in [0.717, 1.165) is 12.1 Å². The summed E-state index contributed by atoms with van der Waals surface area (Å²) in [6, 6.07) is 12.4. The normalized spacial score (nSPS) is 17.8. The van der Waals surface area contributed by atoms with Crippen LogP contribution in [0.1, 0.15) is 17.5 Å². The summed E-state index contributed by atoms with van der Waals surface area (Å²) in [7, 11) is 1.59. The molecule has 0 saturated carbocycles. The number of rotatable bonds is 11. The highest BCUT2D eigenvalue weighted by molar-refractivity contribution is 5.40. The summed E-state index contributed by atoms with van der Waals surface area (Å²) in [5, 5.41) is 12.4.